The lowest BCUT2D eigenvalue weighted by Gasteiger charge is -2.17. The zero-order valence-electron chi connectivity index (χ0n) is 14.5. The number of esters is 1. The predicted molar refractivity (Wildman–Crippen MR) is 101 cm³/mol. The maximum Gasteiger partial charge on any atom is 0.350 e. The van der Waals surface area contributed by atoms with E-state index in [1.54, 1.807) is 48.7 Å². The van der Waals surface area contributed by atoms with Crippen LogP contribution in [0.3, 0.4) is 0 Å². The Balaban J connectivity index is 1.70. The molecule has 0 aliphatic heterocycles. The van der Waals surface area contributed by atoms with Crippen LogP contribution < -0.4 is 11.0 Å². The van der Waals surface area contributed by atoms with Gasteiger partial charge in [0.25, 0.3) is 0 Å². The summed E-state index contributed by atoms with van der Waals surface area (Å²) in [6, 6.07) is 11.3. The van der Waals surface area contributed by atoms with Crippen LogP contribution in [0.15, 0.2) is 57.9 Å². The van der Waals surface area contributed by atoms with Crippen molar-refractivity contribution in [1.29, 1.82) is 0 Å². The molecule has 0 bridgehead atoms. The summed E-state index contributed by atoms with van der Waals surface area (Å²) in [6.07, 6.45) is 1.61. The Morgan fingerprint density at radius 1 is 1.22 bits per heavy atom. The summed E-state index contributed by atoms with van der Waals surface area (Å²) >= 11 is 3.33. The van der Waals surface area contributed by atoms with Gasteiger partial charge in [-0.3, -0.25) is 9.20 Å². The fourth-order valence-corrected chi connectivity index (χ4v) is 2.87. The minimum absolute atomic E-state index is 0.00614. The minimum Gasteiger partial charge on any atom is -0.467 e. The molecule has 0 aliphatic carbocycles. The van der Waals surface area contributed by atoms with Crippen LogP contribution in [-0.2, 0) is 20.9 Å². The van der Waals surface area contributed by atoms with Crippen molar-refractivity contribution in [2.24, 2.45) is 0 Å². The fraction of sp³-hybridized carbons (Fsp3) is 0.222. The van der Waals surface area contributed by atoms with Crippen molar-refractivity contribution in [3.63, 3.8) is 0 Å². The molecule has 2 aromatic heterocycles. The lowest BCUT2D eigenvalue weighted by molar-refractivity contribution is -0.145. The molecule has 3 rings (SSSR count). The second-order valence-corrected chi connectivity index (χ2v) is 6.68. The van der Waals surface area contributed by atoms with Gasteiger partial charge in [0.05, 0.1) is 13.7 Å². The van der Waals surface area contributed by atoms with E-state index in [-0.39, 0.29) is 18.7 Å². The van der Waals surface area contributed by atoms with Gasteiger partial charge >= 0.3 is 11.7 Å². The number of benzene rings is 1. The molecule has 2 heterocycles. The van der Waals surface area contributed by atoms with E-state index in [0.29, 0.717) is 11.2 Å². The molecule has 9 heteroatoms. The number of nitrogens with one attached hydrogen (secondary N) is 1. The van der Waals surface area contributed by atoms with Gasteiger partial charge in [-0.25, -0.2) is 14.3 Å². The van der Waals surface area contributed by atoms with Crippen LogP contribution in [0.25, 0.3) is 5.65 Å². The van der Waals surface area contributed by atoms with Gasteiger partial charge in [0, 0.05) is 17.1 Å². The van der Waals surface area contributed by atoms with Gasteiger partial charge in [-0.2, -0.15) is 0 Å². The number of rotatable bonds is 6. The smallest absolute Gasteiger partial charge is 0.350 e. The quantitative estimate of drug-likeness (QED) is 0.597. The number of fused-ring (bicyclic) bond motifs is 1. The number of halogens is 1. The van der Waals surface area contributed by atoms with Crippen molar-refractivity contribution < 1.29 is 14.3 Å². The van der Waals surface area contributed by atoms with Gasteiger partial charge in [0.15, 0.2) is 11.7 Å². The normalized spacial score (nSPS) is 11.9. The number of pyridine rings is 1. The standard InChI is InChI=1S/C18H17BrN4O4/c1-27-17(25)16(12-5-7-13(19)8-6-12)20-15(24)9-11-23-18(26)22-10-3-2-4-14(22)21-23/h2-8,10,16H,9,11H2,1H3,(H,20,24). The molecule has 1 aromatic carbocycles. The molecule has 1 atom stereocenters. The maximum atomic E-state index is 12.3. The van der Waals surface area contributed by atoms with Crippen molar-refractivity contribution in [2.45, 2.75) is 19.0 Å². The molecular weight excluding hydrogens is 416 g/mol. The number of aromatic nitrogens is 3. The summed E-state index contributed by atoms with van der Waals surface area (Å²) in [7, 11) is 1.26. The zero-order valence-corrected chi connectivity index (χ0v) is 16.0. The number of methoxy groups -OCH3 is 1. The Hall–Kier alpha value is -2.94. The van der Waals surface area contributed by atoms with Crippen molar-refractivity contribution in [3.05, 3.63) is 69.2 Å². The van der Waals surface area contributed by atoms with E-state index in [4.69, 9.17) is 4.74 Å². The molecule has 27 heavy (non-hydrogen) atoms. The number of hydrogen-bond donors (Lipinski definition) is 1. The highest BCUT2D eigenvalue weighted by atomic mass is 79.9. The molecule has 0 spiro atoms. The number of aryl methyl sites for hydroxylation is 1. The van der Waals surface area contributed by atoms with E-state index in [1.807, 2.05) is 0 Å². The Morgan fingerprint density at radius 3 is 2.63 bits per heavy atom. The van der Waals surface area contributed by atoms with Gasteiger partial charge in [0.1, 0.15) is 0 Å². The first-order chi connectivity index (χ1) is 13.0. The topological polar surface area (TPSA) is 94.7 Å². The van der Waals surface area contributed by atoms with E-state index in [0.717, 1.165) is 4.47 Å². The van der Waals surface area contributed by atoms with E-state index in [1.165, 1.54) is 16.2 Å². The van der Waals surface area contributed by atoms with Gasteiger partial charge in [-0.05, 0) is 29.8 Å². The SMILES string of the molecule is COC(=O)C(NC(=O)CCn1nc2ccccn2c1=O)c1ccc(Br)cc1. The third kappa shape index (κ3) is 4.25. The Kier molecular flexibility index (Phi) is 5.70. The highest BCUT2D eigenvalue weighted by Gasteiger charge is 2.23. The summed E-state index contributed by atoms with van der Waals surface area (Å²) in [4.78, 5) is 36.6. The van der Waals surface area contributed by atoms with Crippen LogP contribution in [-0.4, -0.2) is 33.2 Å². The summed E-state index contributed by atoms with van der Waals surface area (Å²) in [6.45, 7) is 0.0978. The third-order valence-electron chi connectivity index (χ3n) is 3.98. The van der Waals surface area contributed by atoms with Crippen molar-refractivity contribution >= 4 is 33.5 Å². The predicted octanol–water partition coefficient (Wildman–Crippen LogP) is 1.68. The van der Waals surface area contributed by atoms with E-state index >= 15 is 0 Å². The lowest BCUT2D eigenvalue weighted by atomic mass is 10.1. The maximum absolute atomic E-state index is 12.3. The molecule has 1 amide bonds. The van der Waals surface area contributed by atoms with Gasteiger partial charge < -0.3 is 10.1 Å². The molecule has 1 N–H and O–H groups in total. The van der Waals surface area contributed by atoms with E-state index in [9.17, 15) is 14.4 Å². The summed E-state index contributed by atoms with van der Waals surface area (Å²) in [5, 5.41) is 6.82. The van der Waals surface area contributed by atoms with Gasteiger partial charge in [-0.1, -0.05) is 34.1 Å². The molecular formula is C18H17BrN4O4. The first kappa shape index (κ1) is 18.8. The highest BCUT2D eigenvalue weighted by molar-refractivity contribution is 9.10. The summed E-state index contributed by atoms with van der Waals surface area (Å²) in [5.74, 6) is -0.965. The molecule has 140 valence electrons. The van der Waals surface area contributed by atoms with Crippen LogP contribution in [0.2, 0.25) is 0 Å². The first-order valence-electron chi connectivity index (χ1n) is 8.16. The molecule has 0 aliphatic rings. The molecule has 0 saturated carbocycles. The molecule has 1 unspecified atom stereocenters. The van der Waals surface area contributed by atoms with Crippen molar-refractivity contribution in [3.8, 4) is 0 Å². The number of ether oxygens (including phenoxy) is 1. The van der Waals surface area contributed by atoms with E-state index < -0.39 is 17.9 Å². The number of nitrogens with zero attached hydrogens (tertiary/aromatic N) is 3. The second kappa shape index (κ2) is 8.17. The van der Waals surface area contributed by atoms with Crippen molar-refractivity contribution in [1.82, 2.24) is 19.5 Å². The Bertz CT molecular complexity index is 1030. The minimum atomic E-state index is -0.923. The van der Waals surface area contributed by atoms with Gasteiger partial charge in [-0.15, -0.1) is 5.10 Å². The van der Waals surface area contributed by atoms with E-state index in [2.05, 4.69) is 26.3 Å². The average molecular weight is 433 g/mol. The number of hydrogen-bond acceptors (Lipinski definition) is 5. The summed E-state index contributed by atoms with van der Waals surface area (Å²) < 4.78 is 8.26. The largest absolute Gasteiger partial charge is 0.467 e. The number of carbonyl (C=O) groups excluding carboxylic acids is 2. The van der Waals surface area contributed by atoms with Crippen LogP contribution in [0, 0.1) is 0 Å². The lowest BCUT2D eigenvalue weighted by Crippen LogP contribution is -2.35. The van der Waals surface area contributed by atoms with Crippen LogP contribution in [0.4, 0.5) is 0 Å². The Labute approximate surface area is 162 Å². The molecule has 0 fully saturated rings. The first-order valence-corrected chi connectivity index (χ1v) is 8.96. The number of carbonyl (C=O) groups is 2. The molecule has 0 radical (unpaired) electrons. The van der Waals surface area contributed by atoms with Crippen LogP contribution >= 0.6 is 15.9 Å². The number of amides is 1. The summed E-state index contributed by atoms with van der Waals surface area (Å²) in [5.41, 5.74) is 0.782. The second-order valence-electron chi connectivity index (χ2n) is 5.76. The van der Waals surface area contributed by atoms with Crippen LogP contribution in [0.5, 0.6) is 0 Å². The van der Waals surface area contributed by atoms with Gasteiger partial charge in [0.2, 0.25) is 5.91 Å². The monoisotopic (exact) mass is 432 g/mol. The molecule has 3 aromatic rings. The fourth-order valence-electron chi connectivity index (χ4n) is 2.61. The molecule has 0 saturated heterocycles. The highest BCUT2D eigenvalue weighted by Crippen LogP contribution is 2.18. The zero-order chi connectivity index (χ0) is 19.4. The Morgan fingerprint density at radius 2 is 1.96 bits per heavy atom. The van der Waals surface area contributed by atoms with Crippen LogP contribution in [0.1, 0.15) is 18.0 Å². The average Bonchev–Trinajstić information content (AvgIpc) is 3.01. The van der Waals surface area contributed by atoms with Crippen molar-refractivity contribution in [2.75, 3.05) is 7.11 Å². The third-order valence-corrected chi connectivity index (χ3v) is 4.51. The molecule has 8 nitrogen and oxygen atoms in total.